The number of nitrogens with one attached hydrogen (secondary N) is 1. The first kappa shape index (κ1) is 8.30. The van der Waals surface area contributed by atoms with Crippen molar-refractivity contribution >= 4 is 28.5 Å². The molecule has 3 N–H and O–H groups in total. The molecule has 0 aliphatic carbocycles. The summed E-state index contributed by atoms with van der Waals surface area (Å²) in [7, 11) is 0. The smallest absolute Gasteiger partial charge is 0.180 e. The molecule has 6 nitrogen and oxygen atoms in total. The second-order valence-electron chi connectivity index (χ2n) is 2.97. The van der Waals surface area contributed by atoms with Gasteiger partial charge in [-0.25, -0.2) is 9.97 Å². The van der Waals surface area contributed by atoms with E-state index in [-0.39, 0.29) is 0 Å². The molecule has 0 bridgehead atoms. The van der Waals surface area contributed by atoms with Crippen LogP contribution in [0.3, 0.4) is 0 Å². The normalized spacial score (nSPS) is 10.9. The molecule has 15 heavy (non-hydrogen) atoms. The maximum absolute atomic E-state index is 5.56. The lowest BCUT2D eigenvalue weighted by Crippen LogP contribution is -1.88. The van der Waals surface area contributed by atoms with E-state index in [9.17, 15) is 0 Å². The lowest BCUT2D eigenvalue weighted by Gasteiger charge is -1.88. The molecule has 7 heteroatoms. The number of anilines is 1. The van der Waals surface area contributed by atoms with Crippen molar-refractivity contribution in [1.29, 1.82) is 0 Å². The van der Waals surface area contributed by atoms with Crippen molar-refractivity contribution in [1.82, 2.24) is 24.5 Å². The van der Waals surface area contributed by atoms with Crippen molar-refractivity contribution in [3.05, 3.63) is 18.3 Å². The number of rotatable bonds is 1. The molecule has 0 aromatic carbocycles. The molecule has 3 aromatic rings. The molecule has 0 atom stereocenters. The van der Waals surface area contributed by atoms with Crippen LogP contribution in [0.5, 0.6) is 0 Å². The molecular formula is C8H6N6S. The molecular weight excluding hydrogens is 212 g/mol. The van der Waals surface area contributed by atoms with Gasteiger partial charge in [-0.2, -0.15) is 0 Å². The number of nitrogen functional groups attached to an aromatic ring is 1. The van der Waals surface area contributed by atoms with Crippen LogP contribution in [-0.2, 0) is 0 Å². The number of pyridine rings is 1. The summed E-state index contributed by atoms with van der Waals surface area (Å²) in [6, 6.07) is 3.58. The van der Waals surface area contributed by atoms with E-state index in [0.29, 0.717) is 11.5 Å². The molecule has 3 aromatic heterocycles. The summed E-state index contributed by atoms with van der Waals surface area (Å²) < 4.78 is 3.77. The van der Waals surface area contributed by atoms with Gasteiger partial charge in [0.25, 0.3) is 0 Å². The summed E-state index contributed by atoms with van der Waals surface area (Å²) in [5.41, 5.74) is 7.03. The van der Waals surface area contributed by atoms with E-state index >= 15 is 0 Å². The summed E-state index contributed by atoms with van der Waals surface area (Å²) in [4.78, 5) is 12.4. The monoisotopic (exact) mass is 218 g/mol. The van der Waals surface area contributed by atoms with Gasteiger partial charge in [0.1, 0.15) is 10.7 Å². The highest BCUT2D eigenvalue weighted by Crippen LogP contribution is 2.21. The zero-order chi connectivity index (χ0) is 10.3. The lowest BCUT2D eigenvalue weighted by atomic mass is 10.4. The maximum atomic E-state index is 5.56. The second kappa shape index (κ2) is 2.99. The van der Waals surface area contributed by atoms with Crippen LogP contribution >= 0.6 is 11.5 Å². The van der Waals surface area contributed by atoms with Crippen molar-refractivity contribution in [2.24, 2.45) is 0 Å². The van der Waals surface area contributed by atoms with Crippen LogP contribution in [0.15, 0.2) is 18.3 Å². The molecule has 3 rings (SSSR count). The van der Waals surface area contributed by atoms with Crippen LogP contribution in [0.2, 0.25) is 0 Å². The number of nitrogens with zero attached hydrogens (tertiary/aromatic N) is 4. The highest BCUT2D eigenvalue weighted by molar-refractivity contribution is 7.09. The topological polar surface area (TPSA) is 93.4 Å². The molecule has 0 aliphatic rings. The summed E-state index contributed by atoms with van der Waals surface area (Å²) in [5.74, 6) is 1.18. The van der Waals surface area contributed by atoms with Gasteiger partial charge in [-0.3, -0.25) is 0 Å². The third-order valence-electron chi connectivity index (χ3n) is 1.96. The molecule has 0 spiro atoms. The fourth-order valence-electron chi connectivity index (χ4n) is 1.30. The Bertz CT molecular complexity index is 599. The first-order valence-corrected chi connectivity index (χ1v) is 5.00. The Morgan fingerprint density at radius 3 is 3.00 bits per heavy atom. The number of aromatic nitrogens is 5. The average molecular weight is 218 g/mol. The Balaban J connectivity index is 2.22. The van der Waals surface area contributed by atoms with Gasteiger partial charge >= 0.3 is 0 Å². The lowest BCUT2D eigenvalue weighted by molar-refractivity contribution is 1.15. The van der Waals surface area contributed by atoms with Gasteiger partial charge in [0.05, 0.1) is 11.7 Å². The minimum absolute atomic E-state index is 0.461. The Kier molecular flexibility index (Phi) is 1.65. The first-order valence-electron chi connectivity index (χ1n) is 4.23. The van der Waals surface area contributed by atoms with Crippen LogP contribution < -0.4 is 5.73 Å². The molecule has 0 unspecified atom stereocenters. The van der Waals surface area contributed by atoms with Gasteiger partial charge < -0.3 is 10.7 Å². The van der Waals surface area contributed by atoms with Gasteiger partial charge in [-0.1, -0.05) is 4.49 Å². The third-order valence-corrected chi connectivity index (χ3v) is 2.63. The summed E-state index contributed by atoms with van der Waals surface area (Å²) >= 11 is 1.28. The van der Waals surface area contributed by atoms with Crippen molar-refractivity contribution in [2.45, 2.75) is 0 Å². The zero-order valence-electron chi connectivity index (χ0n) is 7.51. The third kappa shape index (κ3) is 1.33. The summed E-state index contributed by atoms with van der Waals surface area (Å²) in [5, 5.41) is 3.75. The number of hydrogen-bond donors (Lipinski definition) is 2. The van der Waals surface area contributed by atoms with Crippen molar-refractivity contribution in [3.8, 4) is 10.7 Å². The van der Waals surface area contributed by atoms with E-state index in [2.05, 4.69) is 24.5 Å². The van der Waals surface area contributed by atoms with Gasteiger partial charge in [0.15, 0.2) is 11.5 Å². The second-order valence-corrected chi connectivity index (χ2v) is 3.76. The van der Waals surface area contributed by atoms with E-state index in [0.717, 1.165) is 16.2 Å². The molecule has 3 heterocycles. The number of H-pyrrole nitrogens is 1. The molecule has 0 aliphatic heterocycles. The minimum atomic E-state index is 0.461. The Labute approximate surface area is 88.3 Å². The highest BCUT2D eigenvalue weighted by atomic mass is 32.1. The SMILES string of the molecule is Nc1ccc2[nH]c(-c3cnns3)nc2n1. The van der Waals surface area contributed by atoms with E-state index in [1.54, 1.807) is 12.3 Å². The van der Waals surface area contributed by atoms with Crippen molar-refractivity contribution in [3.63, 3.8) is 0 Å². The van der Waals surface area contributed by atoms with Crippen LogP contribution in [-0.4, -0.2) is 24.5 Å². The number of imidazole rings is 1. The van der Waals surface area contributed by atoms with Crippen LogP contribution in [0, 0.1) is 0 Å². The molecule has 0 amide bonds. The molecule has 0 saturated carbocycles. The zero-order valence-corrected chi connectivity index (χ0v) is 8.32. The number of fused-ring (bicyclic) bond motifs is 1. The fourth-order valence-corrected chi connectivity index (χ4v) is 1.76. The van der Waals surface area contributed by atoms with Crippen LogP contribution in [0.4, 0.5) is 5.82 Å². The van der Waals surface area contributed by atoms with Gasteiger partial charge in [-0.15, -0.1) is 5.10 Å². The standard InChI is InChI=1S/C8H6N6S/c9-6-2-1-4-7(12-6)13-8(11-4)5-3-10-14-15-5/h1-3H,(H3,9,11,12,13). The molecule has 74 valence electrons. The molecule has 0 fully saturated rings. The average Bonchev–Trinajstić information content (AvgIpc) is 2.84. The van der Waals surface area contributed by atoms with Crippen LogP contribution in [0.25, 0.3) is 21.9 Å². The van der Waals surface area contributed by atoms with Crippen molar-refractivity contribution in [2.75, 3.05) is 5.73 Å². The van der Waals surface area contributed by atoms with Crippen molar-refractivity contribution < 1.29 is 0 Å². The number of hydrogen-bond acceptors (Lipinski definition) is 6. The maximum Gasteiger partial charge on any atom is 0.180 e. The quantitative estimate of drug-likeness (QED) is 0.637. The van der Waals surface area contributed by atoms with E-state index < -0.39 is 0 Å². The minimum Gasteiger partial charge on any atom is -0.384 e. The van der Waals surface area contributed by atoms with Gasteiger partial charge in [-0.05, 0) is 23.7 Å². The Hall–Kier alpha value is -2.02. The molecule has 0 radical (unpaired) electrons. The number of aromatic amines is 1. The van der Waals surface area contributed by atoms with E-state index in [4.69, 9.17) is 5.73 Å². The Morgan fingerprint density at radius 2 is 2.20 bits per heavy atom. The predicted octanol–water partition coefficient (Wildman–Crippen LogP) is 1.06. The number of nitrogens with two attached hydrogens (primary N) is 1. The van der Waals surface area contributed by atoms with Gasteiger partial charge in [0.2, 0.25) is 0 Å². The Morgan fingerprint density at radius 1 is 1.27 bits per heavy atom. The predicted molar refractivity (Wildman–Crippen MR) is 57.2 cm³/mol. The van der Waals surface area contributed by atoms with E-state index in [1.807, 2.05) is 6.07 Å². The molecule has 0 saturated heterocycles. The van der Waals surface area contributed by atoms with E-state index in [1.165, 1.54) is 11.5 Å². The fraction of sp³-hybridized carbons (Fsp3) is 0. The highest BCUT2D eigenvalue weighted by Gasteiger charge is 2.07. The first-order chi connectivity index (χ1) is 7.33. The largest absolute Gasteiger partial charge is 0.384 e. The summed E-state index contributed by atoms with van der Waals surface area (Å²) in [6.07, 6.45) is 1.66. The van der Waals surface area contributed by atoms with Gasteiger partial charge in [0, 0.05) is 0 Å². The van der Waals surface area contributed by atoms with Crippen LogP contribution in [0.1, 0.15) is 0 Å². The summed E-state index contributed by atoms with van der Waals surface area (Å²) in [6.45, 7) is 0.